The van der Waals surface area contributed by atoms with E-state index >= 15 is 0 Å². The number of carbonyl (C=O) groups excluding carboxylic acids is 1. The molecule has 2 heterocycles. The first-order valence-electron chi connectivity index (χ1n) is 12.6. The van der Waals surface area contributed by atoms with E-state index in [2.05, 4.69) is 11.1 Å². The van der Waals surface area contributed by atoms with Gasteiger partial charge < -0.3 is 18.9 Å². The maximum Gasteiger partial charge on any atom is 0.306 e. The van der Waals surface area contributed by atoms with Crippen molar-refractivity contribution < 1.29 is 32.2 Å². The summed E-state index contributed by atoms with van der Waals surface area (Å²) in [5.74, 6) is 1.08. The molecule has 0 unspecified atom stereocenters. The first kappa shape index (κ1) is 27.6. The fourth-order valence-corrected chi connectivity index (χ4v) is 4.90. The van der Waals surface area contributed by atoms with E-state index in [1.54, 1.807) is 19.2 Å². The van der Waals surface area contributed by atoms with Crippen LogP contribution in [0.2, 0.25) is 0 Å². The summed E-state index contributed by atoms with van der Waals surface area (Å²) in [7, 11) is -2.99. The van der Waals surface area contributed by atoms with Crippen LogP contribution >= 0.6 is 0 Å². The van der Waals surface area contributed by atoms with E-state index in [4.69, 9.17) is 18.9 Å². The van der Waals surface area contributed by atoms with E-state index in [9.17, 15) is 13.2 Å². The average Bonchev–Trinajstić information content (AvgIpc) is 2.88. The van der Waals surface area contributed by atoms with Crippen molar-refractivity contribution in [3.63, 3.8) is 0 Å². The Morgan fingerprint density at radius 3 is 2.45 bits per heavy atom. The molecular weight excluding hydrogens is 506 g/mol. The maximum atomic E-state index is 12.1. The molecule has 1 aliphatic rings. The lowest BCUT2D eigenvalue weighted by atomic mass is 9.76. The Kier molecular flexibility index (Phi) is 9.01. The highest BCUT2D eigenvalue weighted by atomic mass is 32.2. The molecule has 1 aromatic heterocycles. The third kappa shape index (κ3) is 7.55. The minimum Gasteiger partial charge on any atom is -0.489 e. The Morgan fingerprint density at radius 2 is 1.82 bits per heavy atom. The number of aromatic nitrogens is 1. The lowest BCUT2D eigenvalue weighted by molar-refractivity contribution is -0.151. The molecule has 0 spiro atoms. The highest BCUT2D eigenvalue weighted by Crippen LogP contribution is 2.37. The molecule has 2 aromatic carbocycles. The average molecular weight is 540 g/mol. The summed E-state index contributed by atoms with van der Waals surface area (Å²) in [6, 6.07) is 19.6. The normalized spacial score (nSPS) is 14.4. The summed E-state index contributed by atoms with van der Waals surface area (Å²) in [5, 5.41) is 0. The van der Waals surface area contributed by atoms with Gasteiger partial charge in [-0.05, 0) is 54.3 Å². The number of hydrogen-bond acceptors (Lipinski definition) is 8. The highest BCUT2D eigenvalue weighted by Gasteiger charge is 2.42. The summed E-state index contributed by atoms with van der Waals surface area (Å²) in [6.07, 6.45) is 3.68. The molecular formula is C29H33NO7S. The number of rotatable bonds is 13. The number of benzene rings is 2. The zero-order valence-corrected chi connectivity index (χ0v) is 22.5. The standard InChI is InChI=1S/C29H33NO7S/c1-3-35-28(31)17-29(20-34-21-29)25-9-11-26(12-10-25)37-19-22-6-4-7-23(16-22)24-8-13-27(30-18-24)36-14-5-15-38(2,32)33/h4,6-13,16,18H,3,5,14-15,17,19-21H2,1-2H3. The largest absolute Gasteiger partial charge is 0.489 e. The van der Waals surface area contributed by atoms with Crippen molar-refractivity contribution in [2.45, 2.75) is 31.8 Å². The van der Waals surface area contributed by atoms with Gasteiger partial charge in [0, 0.05) is 24.1 Å². The van der Waals surface area contributed by atoms with Crippen LogP contribution in [0.15, 0.2) is 66.9 Å². The molecule has 0 aliphatic carbocycles. The van der Waals surface area contributed by atoms with E-state index in [-0.39, 0.29) is 17.1 Å². The van der Waals surface area contributed by atoms with Gasteiger partial charge in [0.15, 0.2) is 0 Å². The van der Waals surface area contributed by atoms with Crippen molar-refractivity contribution in [1.29, 1.82) is 0 Å². The summed E-state index contributed by atoms with van der Waals surface area (Å²) < 4.78 is 44.6. The number of carbonyl (C=O) groups is 1. The van der Waals surface area contributed by atoms with Crippen LogP contribution in [0, 0.1) is 0 Å². The number of hydrogen-bond donors (Lipinski definition) is 0. The van der Waals surface area contributed by atoms with Crippen LogP contribution in [-0.2, 0) is 36.1 Å². The van der Waals surface area contributed by atoms with Crippen LogP contribution in [0.25, 0.3) is 11.1 Å². The third-order valence-corrected chi connectivity index (χ3v) is 7.35. The molecule has 3 aromatic rings. The Morgan fingerprint density at radius 1 is 1.03 bits per heavy atom. The molecule has 9 heteroatoms. The molecule has 0 bridgehead atoms. The molecule has 0 amide bonds. The van der Waals surface area contributed by atoms with Gasteiger partial charge in [0.05, 0.1) is 44.0 Å². The number of esters is 1. The van der Waals surface area contributed by atoms with Crippen LogP contribution in [0.1, 0.15) is 30.9 Å². The minimum absolute atomic E-state index is 0.0926. The predicted octanol–water partition coefficient (Wildman–Crippen LogP) is 4.36. The van der Waals surface area contributed by atoms with E-state index in [1.165, 1.54) is 6.26 Å². The van der Waals surface area contributed by atoms with Crippen molar-refractivity contribution in [2.24, 2.45) is 0 Å². The zero-order valence-electron chi connectivity index (χ0n) is 21.7. The van der Waals surface area contributed by atoms with Gasteiger partial charge in [-0.2, -0.15) is 0 Å². The fourth-order valence-electron chi connectivity index (χ4n) is 4.25. The number of nitrogens with zero attached hydrogens (tertiary/aromatic N) is 1. The molecule has 0 N–H and O–H groups in total. The molecule has 38 heavy (non-hydrogen) atoms. The Bertz CT molecular complexity index is 1320. The molecule has 0 saturated carbocycles. The minimum atomic E-state index is -2.99. The van der Waals surface area contributed by atoms with Gasteiger partial charge in [-0.3, -0.25) is 4.79 Å². The molecule has 0 atom stereocenters. The van der Waals surface area contributed by atoms with Gasteiger partial charge in [-0.1, -0.05) is 30.3 Å². The lowest BCUT2D eigenvalue weighted by Crippen LogP contribution is -2.48. The van der Waals surface area contributed by atoms with Crippen molar-refractivity contribution in [2.75, 3.05) is 38.4 Å². The van der Waals surface area contributed by atoms with Crippen LogP contribution in [0.4, 0.5) is 0 Å². The van der Waals surface area contributed by atoms with E-state index in [1.807, 2.05) is 48.5 Å². The van der Waals surface area contributed by atoms with Gasteiger partial charge in [-0.25, -0.2) is 13.4 Å². The number of ether oxygens (including phenoxy) is 4. The van der Waals surface area contributed by atoms with Crippen molar-refractivity contribution >= 4 is 15.8 Å². The van der Waals surface area contributed by atoms with Crippen LogP contribution in [0.5, 0.6) is 11.6 Å². The van der Waals surface area contributed by atoms with Crippen LogP contribution in [0.3, 0.4) is 0 Å². The Balaban J connectivity index is 1.32. The van der Waals surface area contributed by atoms with Gasteiger partial charge in [-0.15, -0.1) is 0 Å². The van der Waals surface area contributed by atoms with Crippen LogP contribution in [-0.4, -0.2) is 57.8 Å². The quantitative estimate of drug-likeness (QED) is 0.233. The summed E-state index contributed by atoms with van der Waals surface area (Å²) in [6.45, 7) is 3.88. The molecule has 202 valence electrons. The van der Waals surface area contributed by atoms with Gasteiger partial charge >= 0.3 is 5.97 Å². The number of pyridine rings is 1. The van der Waals surface area contributed by atoms with Crippen molar-refractivity contribution in [3.05, 3.63) is 78.0 Å². The molecule has 1 aliphatic heterocycles. The van der Waals surface area contributed by atoms with E-state index in [0.717, 1.165) is 28.0 Å². The van der Waals surface area contributed by atoms with E-state index < -0.39 is 9.84 Å². The molecule has 0 radical (unpaired) electrons. The number of sulfone groups is 1. The summed E-state index contributed by atoms with van der Waals surface area (Å²) >= 11 is 0. The second-order valence-electron chi connectivity index (χ2n) is 9.49. The molecule has 1 fully saturated rings. The zero-order chi connectivity index (χ0) is 27.0. The van der Waals surface area contributed by atoms with E-state index in [0.29, 0.717) is 51.8 Å². The topological polar surface area (TPSA) is 101 Å². The fraction of sp³-hybridized carbons (Fsp3) is 0.379. The predicted molar refractivity (Wildman–Crippen MR) is 144 cm³/mol. The van der Waals surface area contributed by atoms with Crippen molar-refractivity contribution in [1.82, 2.24) is 4.98 Å². The SMILES string of the molecule is CCOC(=O)CC1(c2ccc(OCc3cccc(-c4ccc(OCCCS(C)(=O)=O)nc4)c3)cc2)COC1. The monoisotopic (exact) mass is 539 g/mol. The first-order chi connectivity index (χ1) is 18.3. The van der Waals surface area contributed by atoms with Crippen molar-refractivity contribution in [3.8, 4) is 22.8 Å². The first-order valence-corrected chi connectivity index (χ1v) is 14.6. The summed E-state index contributed by atoms with van der Waals surface area (Å²) in [5.41, 5.74) is 3.67. The Labute approximate surface area is 223 Å². The van der Waals surface area contributed by atoms with Gasteiger partial charge in [0.25, 0.3) is 0 Å². The maximum absolute atomic E-state index is 12.1. The van der Waals surface area contributed by atoms with Crippen LogP contribution < -0.4 is 9.47 Å². The van der Waals surface area contributed by atoms with Gasteiger partial charge in [0.2, 0.25) is 5.88 Å². The second-order valence-corrected chi connectivity index (χ2v) is 11.7. The molecule has 4 rings (SSSR count). The second kappa shape index (κ2) is 12.4. The highest BCUT2D eigenvalue weighted by molar-refractivity contribution is 7.90. The Hall–Kier alpha value is -3.43. The van der Waals surface area contributed by atoms with Gasteiger partial charge in [0.1, 0.15) is 22.2 Å². The lowest BCUT2D eigenvalue weighted by Gasteiger charge is -2.41. The summed E-state index contributed by atoms with van der Waals surface area (Å²) in [4.78, 5) is 16.4. The molecule has 1 saturated heterocycles. The third-order valence-electron chi connectivity index (χ3n) is 6.32. The molecule has 8 nitrogen and oxygen atoms in total. The smallest absolute Gasteiger partial charge is 0.306 e.